The van der Waals surface area contributed by atoms with Crippen molar-refractivity contribution in [2.45, 2.75) is 30.6 Å². The molecule has 0 fully saturated rings. The molecule has 1 aromatic rings. The molecule has 1 amide bonds. The number of amides is 1. The van der Waals surface area contributed by atoms with Crippen molar-refractivity contribution in [3.8, 4) is 0 Å². The van der Waals surface area contributed by atoms with Crippen molar-refractivity contribution in [3.05, 3.63) is 17.0 Å². The predicted molar refractivity (Wildman–Crippen MR) is 73.5 cm³/mol. The summed E-state index contributed by atoms with van der Waals surface area (Å²) in [7, 11) is -3.68. The molecule has 0 aromatic carbocycles. The second-order valence-corrected chi connectivity index (χ2v) is 7.17. The van der Waals surface area contributed by atoms with Crippen LogP contribution in [0.3, 0.4) is 0 Å². The molecule has 0 spiro atoms. The van der Waals surface area contributed by atoms with E-state index in [1.54, 1.807) is 6.07 Å². The van der Waals surface area contributed by atoms with Crippen LogP contribution in [0.4, 0.5) is 0 Å². The molecule has 0 saturated heterocycles. The fraction of sp³-hybridized carbons (Fsp3) is 0.545. The van der Waals surface area contributed by atoms with Gasteiger partial charge in [-0.3, -0.25) is 4.79 Å². The first-order valence-corrected chi connectivity index (χ1v) is 8.15. The van der Waals surface area contributed by atoms with E-state index < -0.39 is 10.0 Å². The highest BCUT2D eigenvalue weighted by Crippen LogP contribution is 2.20. The van der Waals surface area contributed by atoms with Gasteiger partial charge in [-0.2, -0.15) is 0 Å². The second kappa shape index (κ2) is 6.99. The van der Waals surface area contributed by atoms with Gasteiger partial charge in [-0.1, -0.05) is 0 Å². The molecule has 1 rings (SSSR count). The summed E-state index contributed by atoms with van der Waals surface area (Å²) >= 11 is 1.01. The van der Waals surface area contributed by atoms with E-state index in [9.17, 15) is 13.2 Å². The van der Waals surface area contributed by atoms with Gasteiger partial charge in [-0.05, 0) is 26.0 Å². The molecule has 0 aliphatic rings. The van der Waals surface area contributed by atoms with E-state index in [4.69, 9.17) is 9.88 Å². The van der Waals surface area contributed by atoms with E-state index in [1.807, 2.05) is 13.8 Å². The first-order valence-electron chi connectivity index (χ1n) is 5.79. The van der Waals surface area contributed by atoms with Crippen molar-refractivity contribution < 1.29 is 17.9 Å². The monoisotopic (exact) mass is 306 g/mol. The molecule has 1 heterocycles. The Morgan fingerprint density at radius 3 is 2.68 bits per heavy atom. The Kier molecular flexibility index (Phi) is 5.92. The van der Waals surface area contributed by atoms with Crippen LogP contribution in [0.15, 0.2) is 16.3 Å². The molecule has 0 saturated carbocycles. The second-order valence-electron chi connectivity index (χ2n) is 4.21. The molecular formula is C11H18N2O4S2. The van der Waals surface area contributed by atoms with Crippen molar-refractivity contribution in [2.24, 2.45) is 5.14 Å². The molecule has 6 nitrogen and oxygen atoms in total. The number of nitrogens with two attached hydrogens (primary N) is 1. The average molecular weight is 306 g/mol. The smallest absolute Gasteiger partial charge is 0.247 e. The Labute approximate surface area is 117 Å². The molecule has 19 heavy (non-hydrogen) atoms. The van der Waals surface area contributed by atoms with Gasteiger partial charge in [-0.15, -0.1) is 11.3 Å². The van der Waals surface area contributed by atoms with Gasteiger partial charge in [-0.25, -0.2) is 13.6 Å². The highest BCUT2D eigenvalue weighted by molar-refractivity contribution is 7.91. The van der Waals surface area contributed by atoms with Crippen LogP contribution >= 0.6 is 11.3 Å². The summed E-state index contributed by atoms with van der Waals surface area (Å²) < 4.78 is 27.5. The number of sulfonamides is 1. The number of thiophene rings is 1. The Morgan fingerprint density at radius 1 is 1.47 bits per heavy atom. The molecule has 0 aliphatic carbocycles. The number of ether oxygens (including phenoxy) is 1. The van der Waals surface area contributed by atoms with Crippen LogP contribution < -0.4 is 10.5 Å². The van der Waals surface area contributed by atoms with Crippen LogP contribution in [0.1, 0.15) is 18.7 Å². The van der Waals surface area contributed by atoms with E-state index >= 15 is 0 Å². The number of carbonyl (C=O) groups is 1. The van der Waals surface area contributed by atoms with E-state index in [0.29, 0.717) is 18.0 Å². The summed E-state index contributed by atoms with van der Waals surface area (Å²) in [4.78, 5) is 12.2. The zero-order chi connectivity index (χ0) is 14.5. The third-order valence-electron chi connectivity index (χ3n) is 2.13. The lowest BCUT2D eigenvalue weighted by Crippen LogP contribution is -2.29. The van der Waals surface area contributed by atoms with Crippen LogP contribution in [0.25, 0.3) is 0 Å². The lowest BCUT2D eigenvalue weighted by atomic mass is 10.3. The summed E-state index contributed by atoms with van der Waals surface area (Å²) in [6.07, 6.45) is 0.272. The van der Waals surface area contributed by atoms with Gasteiger partial charge < -0.3 is 10.1 Å². The predicted octanol–water partition coefficient (Wildman–Crippen LogP) is 0.479. The largest absolute Gasteiger partial charge is 0.377 e. The molecular weight excluding hydrogens is 288 g/mol. The molecule has 3 N–H and O–H groups in total. The summed E-state index contributed by atoms with van der Waals surface area (Å²) in [5.41, 5.74) is 0. The summed E-state index contributed by atoms with van der Waals surface area (Å²) in [6, 6.07) is 3.00. The van der Waals surface area contributed by atoms with Crippen LogP contribution in [0.2, 0.25) is 0 Å². The minimum atomic E-state index is -3.68. The minimum absolute atomic E-state index is 0.0680. The van der Waals surface area contributed by atoms with Crippen molar-refractivity contribution in [2.75, 3.05) is 13.2 Å². The Morgan fingerprint density at radius 2 is 2.16 bits per heavy atom. The summed E-state index contributed by atoms with van der Waals surface area (Å²) in [6.45, 7) is 4.73. The fourth-order valence-corrected chi connectivity index (χ4v) is 3.09. The zero-order valence-electron chi connectivity index (χ0n) is 10.9. The van der Waals surface area contributed by atoms with Crippen molar-refractivity contribution in [1.29, 1.82) is 0 Å². The van der Waals surface area contributed by atoms with Crippen LogP contribution in [-0.4, -0.2) is 33.6 Å². The fourth-order valence-electron chi connectivity index (χ4n) is 1.31. The average Bonchev–Trinajstić information content (AvgIpc) is 2.72. The van der Waals surface area contributed by atoms with Gasteiger partial charge in [0.2, 0.25) is 15.9 Å². The van der Waals surface area contributed by atoms with Gasteiger partial charge in [0.05, 0.1) is 19.1 Å². The van der Waals surface area contributed by atoms with Gasteiger partial charge in [0, 0.05) is 11.4 Å². The Balaban J connectivity index is 2.39. The molecule has 0 aliphatic heterocycles. The van der Waals surface area contributed by atoms with Crippen LogP contribution in [-0.2, 0) is 26.0 Å². The number of primary sulfonamides is 1. The molecule has 8 heteroatoms. The van der Waals surface area contributed by atoms with Crippen LogP contribution in [0.5, 0.6) is 0 Å². The zero-order valence-corrected chi connectivity index (χ0v) is 12.5. The van der Waals surface area contributed by atoms with Crippen molar-refractivity contribution in [1.82, 2.24) is 5.32 Å². The van der Waals surface area contributed by atoms with Crippen molar-refractivity contribution >= 4 is 27.3 Å². The van der Waals surface area contributed by atoms with Gasteiger partial charge in [0.15, 0.2) is 0 Å². The summed E-state index contributed by atoms with van der Waals surface area (Å²) in [5.74, 6) is -0.171. The number of carbonyl (C=O) groups excluding carboxylic acids is 1. The van der Waals surface area contributed by atoms with Gasteiger partial charge in [0.1, 0.15) is 4.21 Å². The maximum Gasteiger partial charge on any atom is 0.247 e. The van der Waals surface area contributed by atoms with Gasteiger partial charge >= 0.3 is 0 Å². The maximum atomic E-state index is 11.6. The Hall–Kier alpha value is -0.960. The van der Waals surface area contributed by atoms with E-state index in [2.05, 4.69) is 5.32 Å². The molecule has 0 radical (unpaired) electrons. The van der Waals surface area contributed by atoms with Crippen molar-refractivity contribution in [3.63, 3.8) is 0 Å². The third kappa shape index (κ3) is 6.15. The lowest BCUT2D eigenvalue weighted by molar-refractivity contribution is -0.120. The molecule has 0 bridgehead atoms. The topological polar surface area (TPSA) is 98.5 Å². The standard InChI is InChI=1S/C11H18N2O4S2/c1-8(2)17-6-5-13-10(14)7-9-3-4-11(18-9)19(12,15)16/h3-4,8H,5-7H2,1-2H3,(H,13,14)(H2,12,15,16). The molecule has 1 aromatic heterocycles. The third-order valence-corrected chi connectivity index (χ3v) is 4.65. The normalized spacial score (nSPS) is 11.8. The summed E-state index contributed by atoms with van der Waals surface area (Å²) in [5, 5.41) is 7.69. The number of rotatable bonds is 7. The van der Waals surface area contributed by atoms with Gasteiger partial charge in [0.25, 0.3) is 0 Å². The minimum Gasteiger partial charge on any atom is -0.377 e. The number of nitrogens with one attached hydrogen (secondary N) is 1. The van der Waals surface area contributed by atoms with Crippen LogP contribution in [0, 0.1) is 0 Å². The van der Waals surface area contributed by atoms with E-state index in [1.165, 1.54) is 6.07 Å². The highest BCUT2D eigenvalue weighted by atomic mass is 32.2. The SMILES string of the molecule is CC(C)OCCNC(=O)Cc1ccc(S(N)(=O)=O)s1. The highest BCUT2D eigenvalue weighted by Gasteiger charge is 2.12. The maximum absolute atomic E-state index is 11.6. The first kappa shape index (κ1) is 16.1. The van der Waals surface area contributed by atoms with E-state index in [-0.39, 0.29) is 22.6 Å². The quantitative estimate of drug-likeness (QED) is 0.716. The molecule has 0 unspecified atom stereocenters. The van der Waals surface area contributed by atoms with E-state index in [0.717, 1.165) is 11.3 Å². The molecule has 0 atom stereocenters. The lowest BCUT2D eigenvalue weighted by Gasteiger charge is -2.08. The number of hydrogen-bond acceptors (Lipinski definition) is 5. The molecule has 108 valence electrons. The Bertz CT molecular complexity index is 523. The first-order chi connectivity index (χ1) is 8.79. The number of hydrogen-bond donors (Lipinski definition) is 2.